The highest BCUT2D eigenvalue weighted by Gasteiger charge is 2.37. The van der Waals surface area contributed by atoms with Gasteiger partial charge in [0.05, 0.1) is 6.20 Å². The molecule has 0 fully saturated rings. The minimum atomic E-state index is 0.163. The first-order chi connectivity index (χ1) is 11.3. The molecule has 2 heterocycles. The quantitative estimate of drug-likeness (QED) is 0.639. The van der Waals surface area contributed by atoms with Crippen LogP contribution in [0.5, 0.6) is 0 Å². The van der Waals surface area contributed by atoms with Gasteiger partial charge in [-0.15, -0.1) is 0 Å². The zero-order valence-corrected chi connectivity index (χ0v) is 13.7. The fraction of sp³-hybridized carbons (Fsp3) is 0.100. The Morgan fingerprint density at radius 1 is 0.870 bits per heavy atom. The Labute approximate surface area is 140 Å². The molecule has 0 N–H and O–H groups in total. The molecular weight excluding hydrogens is 300 g/mol. The number of aromatic nitrogens is 1. The zero-order chi connectivity index (χ0) is 15.6. The van der Waals surface area contributed by atoms with Gasteiger partial charge in [0.2, 0.25) is 11.1 Å². The summed E-state index contributed by atoms with van der Waals surface area (Å²) in [6.45, 7) is 2.12. The molecule has 1 unspecified atom stereocenters. The first-order valence-electron chi connectivity index (χ1n) is 7.69. The maximum atomic E-state index is 4.88. The van der Waals surface area contributed by atoms with Gasteiger partial charge in [0.15, 0.2) is 0 Å². The van der Waals surface area contributed by atoms with Crippen LogP contribution in [0, 0.1) is 6.92 Å². The van der Waals surface area contributed by atoms with Gasteiger partial charge in [-0.3, -0.25) is 0 Å². The van der Waals surface area contributed by atoms with Gasteiger partial charge in [-0.2, -0.15) is 0 Å². The van der Waals surface area contributed by atoms with Crippen molar-refractivity contribution in [3.05, 3.63) is 90.1 Å². The molecule has 3 aromatic rings. The summed E-state index contributed by atoms with van der Waals surface area (Å²) in [6.07, 6.45) is 2.11. The highest BCUT2D eigenvalue weighted by Crippen LogP contribution is 2.36. The van der Waals surface area contributed by atoms with E-state index >= 15 is 0 Å². The van der Waals surface area contributed by atoms with Gasteiger partial charge in [0, 0.05) is 16.5 Å². The van der Waals surface area contributed by atoms with Gasteiger partial charge in [0.25, 0.3) is 0 Å². The highest BCUT2D eigenvalue weighted by atomic mass is 32.2. The minimum Gasteiger partial charge on any atom is -0.210 e. The Kier molecular flexibility index (Phi) is 3.72. The third-order valence-electron chi connectivity index (χ3n) is 3.93. The Balaban J connectivity index is 1.74. The molecule has 2 nitrogen and oxygen atoms in total. The molecule has 0 spiro atoms. The van der Waals surface area contributed by atoms with E-state index in [-0.39, 0.29) is 5.37 Å². The van der Waals surface area contributed by atoms with Gasteiger partial charge in [-0.05, 0) is 30.1 Å². The average molecular weight is 317 g/mol. The van der Waals surface area contributed by atoms with Crippen molar-refractivity contribution in [2.24, 2.45) is 4.99 Å². The lowest BCUT2D eigenvalue weighted by atomic mass is 10.1. The van der Waals surface area contributed by atoms with Crippen molar-refractivity contribution in [2.45, 2.75) is 17.2 Å². The predicted octanol–water partition coefficient (Wildman–Crippen LogP) is 4.71. The van der Waals surface area contributed by atoms with Crippen molar-refractivity contribution in [3.63, 3.8) is 0 Å². The lowest BCUT2D eigenvalue weighted by Gasteiger charge is -2.10. The normalized spacial score (nSPS) is 16.0. The van der Waals surface area contributed by atoms with E-state index in [0.717, 1.165) is 11.5 Å². The maximum absolute atomic E-state index is 4.88. The molecule has 1 aromatic heterocycles. The van der Waals surface area contributed by atoms with Gasteiger partial charge in [-0.25, -0.2) is 4.57 Å². The van der Waals surface area contributed by atoms with Crippen LogP contribution in [0.1, 0.15) is 16.5 Å². The summed E-state index contributed by atoms with van der Waals surface area (Å²) in [5.74, 6) is 1.01. The van der Waals surface area contributed by atoms with Crippen molar-refractivity contribution in [1.82, 2.24) is 0 Å². The van der Waals surface area contributed by atoms with E-state index in [2.05, 4.69) is 78.4 Å². The number of aliphatic imine (C=N–C) groups is 1. The van der Waals surface area contributed by atoms with E-state index in [1.807, 2.05) is 23.9 Å². The monoisotopic (exact) mass is 317 g/mol. The topological polar surface area (TPSA) is 16.2 Å². The van der Waals surface area contributed by atoms with Crippen LogP contribution in [-0.4, -0.2) is 5.71 Å². The molecule has 23 heavy (non-hydrogen) atoms. The summed E-state index contributed by atoms with van der Waals surface area (Å²) in [6, 6.07) is 25.3. The second-order valence-electron chi connectivity index (χ2n) is 5.61. The van der Waals surface area contributed by atoms with E-state index in [9.17, 15) is 0 Å². The van der Waals surface area contributed by atoms with E-state index in [1.165, 1.54) is 16.0 Å². The van der Waals surface area contributed by atoms with Gasteiger partial charge < -0.3 is 0 Å². The number of aryl methyl sites for hydroxylation is 1. The minimum absolute atomic E-state index is 0.163. The van der Waals surface area contributed by atoms with Crippen LogP contribution in [0.2, 0.25) is 0 Å². The third kappa shape index (κ3) is 2.80. The number of benzene rings is 2. The zero-order valence-electron chi connectivity index (χ0n) is 12.9. The molecule has 0 bridgehead atoms. The summed E-state index contributed by atoms with van der Waals surface area (Å²) in [4.78, 5) is 6.13. The number of nitrogens with zero attached hydrogens (tertiary/aromatic N) is 2. The second-order valence-corrected chi connectivity index (χ2v) is 6.77. The lowest BCUT2D eigenvalue weighted by molar-refractivity contribution is -0.667. The molecule has 1 aliphatic heterocycles. The van der Waals surface area contributed by atoms with Crippen molar-refractivity contribution < 1.29 is 4.57 Å². The Morgan fingerprint density at radius 2 is 1.61 bits per heavy atom. The number of hydrogen-bond donors (Lipinski definition) is 0. The summed E-state index contributed by atoms with van der Waals surface area (Å²) in [5.41, 5.74) is 3.58. The first-order valence-corrected chi connectivity index (χ1v) is 8.57. The van der Waals surface area contributed by atoms with E-state index in [4.69, 9.17) is 4.99 Å². The van der Waals surface area contributed by atoms with E-state index in [0.29, 0.717) is 0 Å². The number of fused-ring (bicyclic) bond motifs is 1. The van der Waals surface area contributed by atoms with Gasteiger partial charge >= 0.3 is 5.82 Å². The van der Waals surface area contributed by atoms with Crippen LogP contribution >= 0.6 is 11.8 Å². The van der Waals surface area contributed by atoms with E-state index in [1.54, 1.807) is 0 Å². The molecule has 1 aliphatic rings. The molecule has 1 atom stereocenters. The standard InChI is InChI=1S/C20H17N2S/c1-15-10-12-17(13-11-15)23-20-19(16-7-3-2-4-8-16)21-18-9-5-6-14-22(18)20/h2-14,20H,1H3/q+1. The molecule has 2 aromatic carbocycles. The average Bonchev–Trinajstić information content (AvgIpc) is 2.96. The molecule has 0 aliphatic carbocycles. The molecule has 4 rings (SSSR count). The predicted molar refractivity (Wildman–Crippen MR) is 95.3 cm³/mol. The molecule has 0 saturated heterocycles. The van der Waals surface area contributed by atoms with Crippen molar-refractivity contribution in [3.8, 4) is 0 Å². The molecule has 0 radical (unpaired) electrons. The smallest absolute Gasteiger partial charge is 0.210 e. The fourth-order valence-electron chi connectivity index (χ4n) is 2.72. The summed E-state index contributed by atoms with van der Waals surface area (Å²) >= 11 is 1.84. The first kappa shape index (κ1) is 14.2. The second kappa shape index (κ2) is 6.01. The fourth-order valence-corrected chi connectivity index (χ4v) is 3.87. The molecule has 0 saturated carbocycles. The van der Waals surface area contributed by atoms with Crippen molar-refractivity contribution in [1.29, 1.82) is 0 Å². The largest absolute Gasteiger partial charge is 0.324 e. The third-order valence-corrected chi connectivity index (χ3v) is 5.15. The Bertz CT molecular complexity index is 854. The highest BCUT2D eigenvalue weighted by molar-refractivity contribution is 7.99. The number of thioether (sulfide) groups is 1. The van der Waals surface area contributed by atoms with Crippen molar-refractivity contribution in [2.75, 3.05) is 0 Å². The van der Waals surface area contributed by atoms with Crippen LogP contribution in [0.3, 0.4) is 0 Å². The van der Waals surface area contributed by atoms with Crippen LogP contribution in [-0.2, 0) is 0 Å². The van der Waals surface area contributed by atoms with Gasteiger partial charge in [-0.1, -0.05) is 65.9 Å². The summed E-state index contributed by atoms with van der Waals surface area (Å²) < 4.78 is 2.24. The molecule has 3 heteroatoms. The lowest BCUT2D eigenvalue weighted by Crippen LogP contribution is -2.37. The molecule has 0 amide bonds. The number of rotatable bonds is 3. The van der Waals surface area contributed by atoms with Crippen LogP contribution < -0.4 is 4.57 Å². The molecule has 112 valence electrons. The summed E-state index contributed by atoms with van der Waals surface area (Å²) in [7, 11) is 0. The van der Waals surface area contributed by atoms with Gasteiger partial charge in [0.1, 0.15) is 0 Å². The maximum Gasteiger partial charge on any atom is 0.324 e. The summed E-state index contributed by atoms with van der Waals surface area (Å²) in [5, 5.41) is 0.163. The van der Waals surface area contributed by atoms with Crippen molar-refractivity contribution >= 4 is 23.3 Å². The molecular formula is C20H17N2S+. The SMILES string of the molecule is Cc1ccc(SC2C(c3ccccc3)=Nc3cccc[n+]32)cc1. The Hall–Kier alpha value is -2.39. The van der Waals surface area contributed by atoms with Crippen LogP contribution in [0.15, 0.2) is 88.9 Å². The van der Waals surface area contributed by atoms with E-state index < -0.39 is 0 Å². The van der Waals surface area contributed by atoms with Crippen LogP contribution in [0.4, 0.5) is 5.82 Å². The number of hydrogen-bond acceptors (Lipinski definition) is 2. The van der Waals surface area contributed by atoms with Crippen LogP contribution in [0.25, 0.3) is 0 Å². The Morgan fingerprint density at radius 3 is 2.39 bits per heavy atom. The number of pyridine rings is 1.